The molecule has 0 spiro atoms. The number of hydrogen-bond donors (Lipinski definition) is 2. The van der Waals surface area contributed by atoms with E-state index in [0.717, 1.165) is 16.7 Å². The molecule has 0 aliphatic heterocycles. The molecule has 0 aliphatic rings. The molecule has 132 valence electrons. The number of Topliss-reactive ketones (excluding diaryl/α,β-unsaturated/α-hetero) is 1. The van der Waals surface area contributed by atoms with Crippen molar-refractivity contribution in [2.75, 3.05) is 11.5 Å². The summed E-state index contributed by atoms with van der Waals surface area (Å²) in [6, 6.07) is 16.9. The molecule has 0 unspecified atom stereocenters. The van der Waals surface area contributed by atoms with E-state index in [0.29, 0.717) is 10.7 Å². The third kappa shape index (κ3) is 4.21. The van der Waals surface area contributed by atoms with Crippen LogP contribution in [0.4, 0.5) is 11.6 Å². The lowest BCUT2D eigenvalue weighted by Crippen LogP contribution is -2.11. The number of carbonyl (C=O) groups excluding carboxylic acids is 1. The van der Waals surface area contributed by atoms with E-state index < -0.39 is 5.25 Å². The highest BCUT2D eigenvalue weighted by molar-refractivity contribution is 8.00. The number of anilines is 2. The molecule has 0 saturated carbocycles. The predicted molar refractivity (Wildman–Crippen MR) is 106 cm³/mol. The predicted octanol–water partition coefficient (Wildman–Crippen LogP) is 3.97. The summed E-state index contributed by atoms with van der Waals surface area (Å²) in [5.74, 6) is 0.555. The minimum Gasteiger partial charge on any atom is -0.383 e. The lowest BCUT2D eigenvalue weighted by atomic mass is 10.0. The van der Waals surface area contributed by atoms with Crippen molar-refractivity contribution in [1.29, 1.82) is 0 Å². The Bertz CT molecular complexity index is 903. The lowest BCUT2D eigenvalue weighted by molar-refractivity contribution is 0.0989. The zero-order valence-corrected chi connectivity index (χ0v) is 15.5. The number of benzene rings is 2. The summed E-state index contributed by atoms with van der Waals surface area (Å²) >= 11 is 1.25. The highest BCUT2D eigenvalue weighted by Gasteiger charge is 2.25. The molecule has 2 aromatic carbocycles. The van der Waals surface area contributed by atoms with Crippen molar-refractivity contribution in [2.45, 2.75) is 24.3 Å². The van der Waals surface area contributed by atoms with Crippen LogP contribution in [-0.4, -0.2) is 15.8 Å². The van der Waals surface area contributed by atoms with Crippen molar-refractivity contribution in [3.8, 4) is 0 Å². The van der Waals surface area contributed by atoms with Crippen LogP contribution in [0.15, 0.2) is 59.8 Å². The normalized spacial score (nSPS) is 11.9. The number of carbonyl (C=O) groups is 1. The highest BCUT2D eigenvalue weighted by atomic mass is 32.2. The molecule has 1 aromatic heterocycles. The number of ketones is 1. The standard InChI is InChI=1S/C20H20N4OS/c1-12-3-7-14(8-4-12)18(25)19(15-9-5-13(2)6-10-15)26-20-23-16(21)11-17(22)24-20/h3-11,19H,1-2H3,(H4,21,22,23,24)/t19-/m0/s1. The zero-order valence-electron chi connectivity index (χ0n) is 14.6. The van der Waals surface area contributed by atoms with Crippen LogP contribution in [0.25, 0.3) is 0 Å². The summed E-state index contributed by atoms with van der Waals surface area (Å²) in [5.41, 5.74) is 15.3. The number of aryl methyl sites for hydroxylation is 2. The van der Waals surface area contributed by atoms with Crippen LogP contribution < -0.4 is 11.5 Å². The molecule has 5 nitrogen and oxygen atoms in total. The Hall–Kier alpha value is -2.86. The maximum absolute atomic E-state index is 13.2. The van der Waals surface area contributed by atoms with Crippen LogP contribution in [0.5, 0.6) is 0 Å². The Morgan fingerprint density at radius 1 is 0.885 bits per heavy atom. The van der Waals surface area contributed by atoms with Gasteiger partial charge in [0.1, 0.15) is 16.9 Å². The van der Waals surface area contributed by atoms with E-state index in [4.69, 9.17) is 11.5 Å². The van der Waals surface area contributed by atoms with Gasteiger partial charge in [-0.15, -0.1) is 0 Å². The highest BCUT2D eigenvalue weighted by Crippen LogP contribution is 2.37. The van der Waals surface area contributed by atoms with Gasteiger partial charge in [-0.3, -0.25) is 4.79 Å². The Morgan fingerprint density at radius 2 is 1.38 bits per heavy atom. The van der Waals surface area contributed by atoms with E-state index in [2.05, 4.69) is 9.97 Å². The van der Waals surface area contributed by atoms with E-state index in [1.54, 1.807) is 0 Å². The van der Waals surface area contributed by atoms with E-state index >= 15 is 0 Å². The second kappa shape index (κ2) is 7.58. The third-order valence-corrected chi connectivity index (χ3v) is 5.04. The maximum atomic E-state index is 13.2. The van der Waals surface area contributed by atoms with Crippen LogP contribution >= 0.6 is 11.8 Å². The quantitative estimate of drug-likeness (QED) is 0.404. The molecule has 1 heterocycles. The SMILES string of the molecule is Cc1ccc(C(=O)[C@@H](Sc2nc(N)cc(N)n2)c2ccc(C)cc2)cc1. The van der Waals surface area contributed by atoms with Gasteiger partial charge in [-0.2, -0.15) is 0 Å². The molecule has 3 aromatic rings. The van der Waals surface area contributed by atoms with Gasteiger partial charge in [0.15, 0.2) is 10.9 Å². The molecule has 6 heteroatoms. The number of aromatic nitrogens is 2. The zero-order chi connectivity index (χ0) is 18.7. The average molecular weight is 364 g/mol. The third-order valence-electron chi connectivity index (χ3n) is 3.92. The molecule has 26 heavy (non-hydrogen) atoms. The summed E-state index contributed by atoms with van der Waals surface area (Å²) in [4.78, 5) is 21.6. The summed E-state index contributed by atoms with van der Waals surface area (Å²) in [6.45, 7) is 4.00. The first-order valence-electron chi connectivity index (χ1n) is 8.16. The number of thioether (sulfide) groups is 1. The summed E-state index contributed by atoms with van der Waals surface area (Å²) < 4.78 is 0. The molecule has 0 aliphatic carbocycles. The first-order valence-corrected chi connectivity index (χ1v) is 9.04. The molecule has 0 saturated heterocycles. The van der Waals surface area contributed by atoms with Gasteiger partial charge in [-0.25, -0.2) is 9.97 Å². The van der Waals surface area contributed by atoms with Crippen molar-refractivity contribution >= 4 is 29.2 Å². The van der Waals surface area contributed by atoms with Crippen molar-refractivity contribution in [1.82, 2.24) is 9.97 Å². The second-order valence-electron chi connectivity index (χ2n) is 6.14. The van der Waals surface area contributed by atoms with Crippen molar-refractivity contribution in [3.63, 3.8) is 0 Å². The summed E-state index contributed by atoms with van der Waals surface area (Å²) in [6.07, 6.45) is 0. The minimum atomic E-state index is -0.487. The van der Waals surface area contributed by atoms with Gasteiger partial charge in [-0.05, 0) is 19.4 Å². The molecule has 1 atom stereocenters. The van der Waals surface area contributed by atoms with Gasteiger partial charge in [0.05, 0.1) is 0 Å². The molecule has 0 bridgehead atoms. The fourth-order valence-corrected chi connectivity index (χ4v) is 3.57. The molecular weight excluding hydrogens is 344 g/mol. The molecule has 4 N–H and O–H groups in total. The monoisotopic (exact) mass is 364 g/mol. The van der Waals surface area contributed by atoms with Crippen molar-refractivity contribution < 1.29 is 4.79 Å². The van der Waals surface area contributed by atoms with E-state index in [-0.39, 0.29) is 17.4 Å². The van der Waals surface area contributed by atoms with E-state index in [1.807, 2.05) is 62.4 Å². The van der Waals surface area contributed by atoms with Crippen LogP contribution in [0.3, 0.4) is 0 Å². The fourth-order valence-electron chi connectivity index (χ4n) is 2.50. The number of nitrogens with two attached hydrogens (primary N) is 2. The van der Waals surface area contributed by atoms with Crippen LogP contribution in [0.1, 0.15) is 32.3 Å². The topological polar surface area (TPSA) is 94.9 Å². The van der Waals surface area contributed by atoms with Gasteiger partial charge >= 0.3 is 0 Å². The van der Waals surface area contributed by atoms with Gasteiger partial charge in [-0.1, -0.05) is 71.4 Å². The van der Waals surface area contributed by atoms with Gasteiger partial charge in [0.25, 0.3) is 0 Å². The summed E-state index contributed by atoms with van der Waals surface area (Å²) in [7, 11) is 0. The van der Waals surface area contributed by atoms with Crippen LogP contribution in [0.2, 0.25) is 0 Å². The smallest absolute Gasteiger partial charge is 0.192 e. The molecular formula is C20H20N4OS. The Morgan fingerprint density at radius 3 is 1.92 bits per heavy atom. The number of rotatable bonds is 5. The van der Waals surface area contributed by atoms with Crippen LogP contribution in [-0.2, 0) is 0 Å². The lowest BCUT2D eigenvalue weighted by Gasteiger charge is -2.16. The van der Waals surface area contributed by atoms with Crippen molar-refractivity contribution in [2.24, 2.45) is 0 Å². The van der Waals surface area contributed by atoms with E-state index in [9.17, 15) is 4.79 Å². The maximum Gasteiger partial charge on any atom is 0.192 e. The number of nitrogen functional groups attached to an aromatic ring is 2. The molecule has 0 amide bonds. The molecule has 0 radical (unpaired) electrons. The fraction of sp³-hybridized carbons (Fsp3) is 0.150. The molecule has 0 fully saturated rings. The minimum absolute atomic E-state index is 0.0107. The van der Waals surface area contributed by atoms with E-state index in [1.165, 1.54) is 17.8 Å². The number of hydrogen-bond acceptors (Lipinski definition) is 6. The first kappa shape index (κ1) is 17.9. The summed E-state index contributed by atoms with van der Waals surface area (Å²) in [5, 5.41) is -0.104. The number of nitrogens with zero attached hydrogens (tertiary/aromatic N) is 2. The van der Waals surface area contributed by atoms with Gasteiger partial charge in [0, 0.05) is 11.6 Å². The molecule has 3 rings (SSSR count). The van der Waals surface area contributed by atoms with Crippen LogP contribution in [0, 0.1) is 13.8 Å². The first-order chi connectivity index (χ1) is 12.4. The average Bonchev–Trinajstić information content (AvgIpc) is 2.60. The Kier molecular flexibility index (Phi) is 5.23. The second-order valence-corrected chi connectivity index (χ2v) is 7.21. The van der Waals surface area contributed by atoms with Crippen molar-refractivity contribution in [3.05, 3.63) is 76.9 Å². The van der Waals surface area contributed by atoms with Gasteiger partial charge in [0.2, 0.25) is 0 Å². The Balaban J connectivity index is 1.99. The Labute approximate surface area is 156 Å². The van der Waals surface area contributed by atoms with Gasteiger partial charge < -0.3 is 11.5 Å². The largest absolute Gasteiger partial charge is 0.383 e.